The Morgan fingerprint density at radius 2 is 1.70 bits per heavy atom. The zero-order chi connectivity index (χ0) is 29.6. The van der Waals surface area contributed by atoms with Gasteiger partial charge in [-0.3, -0.25) is 4.79 Å². The molecule has 0 aliphatic rings. The third-order valence-electron chi connectivity index (χ3n) is 6.64. The molecule has 1 heterocycles. The highest BCUT2D eigenvalue weighted by atomic mass is 35.5. The Morgan fingerprint density at radius 1 is 1.02 bits per heavy atom. The highest BCUT2D eigenvalue weighted by molar-refractivity contribution is 6.90. The predicted octanol–water partition coefficient (Wildman–Crippen LogP) is 6.52. The summed E-state index contributed by atoms with van der Waals surface area (Å²) < 4.78 is 60.9. The molecule has 1 amide bonds. The van der Waals surface area contributed by atoms with Crippen LogP contribution in [0.4, 0.5) is 17.6 Å². The van der Waals surface area contributed by atoms with Crippen molar-refractivity contribution >= 4 is 47.6 Å². The van der Waals surface area contributed by atoms with E-state index in [1.165, 1.54) is 42.6 Å². The summed E-state index contributed by atoms with van der Waals surface area (Å²) in [5, 5.41) is 10.7. The second kappa shape index (κ2) is 10.3. The topological polar surface area (TPSA) is 105 Å². The number of hydrogen-bond donors (Lipinski definition) is 3. The van der Waals surface area contributed by atoms with Gasteiger partial charge < -0.3 is 20.6 Å². The van der Waals surface area contributed by atoms with Crippen molar-refractivity contribution in [2.24, 2.45) is 5.73 Å². The van der Waals surface area contributed by atoms with Crippen LogP contribution >= 0.6 is 11.6 Å². The van der Waals surface area contributed by atoms with Gasteiger partial charge in [0.1, 0.15) is 5.75 Å². The first-order valence-electron chi connectivity index (χ1n) is 12.0. The lowest BCUT2D eigenvalue weighted by Gasteiger charge is -2.29. The Morgan fingerprint density at radius 3 is 2.30 bits per heavy atom. The fourth-order valence-electron chi connectivity index (χ4n) is 4.80. The van der Waals surface area contributed by atoms with E-state index in [1.54, 1.807) is 6.07 Å². The van der Waals surface area contributed by atoms with E-state index in [1.807, 2.05) is 19.6 Å². The van der Waals surface area contributed by atoms with Gasteiger partial charge in [-0.15, -0.1) is 13.2 Å². The van der Waals surface area contributed by atoms with Gasteiger partial charge in [0.25, 0.3) is 0 Å². The minimum atomic E-state index is -5.02. The molecule has 4 N–H and O–H groups in total. The number of rotatable bonds is 8. The van der Waals surface area contributed by atoms with Crippen molar-refractivity contribution < 1.29 is 37.0 Å². The Kier molecular flexibility index (Phi) is 7.50. The Hall–Kier alpha value is -3.83. The SMILES string of the molecule is C[Si](C)(C)c1ccc(C(N)=O)c(CC(F)(c2cccc(OC(F)(F)F)c2)c2c[nH]c3c(C(=O)O)cccc23)c1Cl. The maximum absolute atomic E-state index is 17.8. The van der Waals surface area contributed by atoms with E-state index in [9.17, 15) is 27.9 Å². The van der Waals surface area contributed by atoms with E-state index in [0.717, 1.165) is 17.3 Å². The number of amides is 1. The van der Waals surface area contributed by atoms with E-state index >= 15 is 4.39 Å². The molecule has 4 aromatic rings. The van der Waals surface area contributed by atoms with Crippen LogP contribution < -0.4 is 15.7 Å². The van der Waals surface area contributed by atoms with Gasteiger partial charge in [-0.2, -0.15) is 0 Å². The van der Waals surface area contributed by atoms with Crippen LogP contribution in [0.2, 0.25) is 24.7 Å². The third kappa shape index (κ3) is 5.57. The molecule has 0 saturated carbocycles. The highest BCUT2D eigenvalue weighted by Crippen LogP contribution is 2.44. The highest BCUT2D eigenvalue weighted by Gasteiger charge is 2.41. The molecule has 3 aromatic carbocycles. The van der Waals surface area contributed by atoms with Gasteiger partial charge in [-0.25, -0.2) is 9.18 Å². The largest absolute Gasteiger partial charge is 0.573 e. The lowest BCUT2D eigenvalue weighted by atomic mass is 9.81. The van der Waals surface area contributed by atoms with Crippen molar-refractivity contribution in [2.75, 3.05) is 0 Å². The summed E-state index contributed by atoms with van der Waals surface area (Å²) in [4.78, 5) is 27.0. The van der Waals surface area contributed by atoms with Crippen molar-refractivity contribution in [1.82, 2.24) is 4.98 Å². The number of alkyl halides is 4. The lowest BCUT2D eigenvalue weighted by molar-refractivity contribution is -0.274. The maximum atomic E-state index is 17.8. The van der Waals surface area contributed by atoms with Gasteiger partial charge in [-0.05, 0) is 40.6 Å². The quantitative estimate of drug-likeness (QED) is 0.160. The van der Waals surface area contributed by atoms with E-state index < -0.39 is 44.2 Å². The Labute approximate surface area is 232 Å². The molecule has 0 aliphatic carbocycles. The zero-order valence-electron chi connectivity index (χ0n) is 21.6. The average Bonchev–Trinajstić information content (AvgIpc) is 3.28. The molecule has 0 fully saturated rings. The number of aromatic amines is 1. The van der Waals surface area contributed by atoms with Gasteiger partial charge >= 0.3 is 12.3 Å². The lowest BCUT2D eigenvalue weighted by Crippen LogP contribution is -2.40. The molecule has 6 nitrogen and oxygen atoms in total. The number of H-pyrrole nitrogens is 1. The first-order valence-corrected chi connectivity index (χ1v) is 15.9. The van der Waals surface area contributed by atoms with E-state index in [-0.39, 0.29) is 43.7 Å². The number of carbonyl (C=O) groups is 2. The second-order valence-corrected chi connectivity index (χ2v) is 15.8. The maximum Gasteiger partial charge on any atom is 0.573 e. The number of carboxylic acid groups (broad SMARTS) is 1. The van der Waals surface area contributed by atoms with Crippen LogP contribution in [0, 0.1) is 0 Å². The molecule has 210 valence electrons. The third-order valence-corrected chi connectivity index (χ3v) is 9.26. The predicted molar refractivity (Wildman–Crippen MR) is 147 cm³/mol. The molecule has 0 bridgehead atoms. The van der Waals surface area contributed by atoms with Crippen molar-refractivity contribution in [3.05, 3.63) is 93.6 Å². The molecular formula is C28H25ClF4N2O4Si. The van der Waals surface area contributed by atoms with Gasteiger partial charge in [-0.1, -0.05) is 61.6 Å². The van der Waals surface area contributed by atoms with Gasteiger partial charge in [0, 0.05) is 34.2 Å². The number of hydrogen-bond acceptors (Lipinski definition) is 3. The van der Waals surface area contributed by atoms with Crippen molar-refractivity contribution in [2.45, 2.75) is 38.1 Å². The molecular weight excluding hydrogens is 568 g/mol. The van der Waals surface area contributed by atoms with Crippen LogP contribution in [0.1, 0.15) is 37.4 Å². The number of carbonyl (C=O) groups excluding carboxylic acids is 1. The number of para-hydroxylation sites is 1. The molecule has 1 unspecified atom stereocenters. The fourth-order valence-corrected chi connectivity index (χ4v) is 7.28. The first kappa shape index (κ1) is 29.2. The molecule has 4 rings (SSSR count). The number of aromatic carboxylic acids is 1. The molecule has 0 spiro atoms. The minimum absolute atomic E-state index is 0.0391. The van der Waals surface area contributed by atoms with Crippen LogP contribution in [0.5, 0.6) is 5.75 Å². The molecule has 1 atom stereocenters. The molecule has 0 saturated heterocycles. The summed E-state index contributed by atoms with van der Waals surface area (Å²) in [6, 6.07) is 11.8. The number of primary amides is 1. The van der Waals surface area contributed by atoms with Crippen LogP contribution in [0.25, 0.3) is 10.9 Å². The van der Waals surface area contributed by atoms with Crippen molar-refractivity contribution in [1.29, 1.82) is 0 Å². The summed E-state index contributed by atoms with van der Waals surface area (Å²) >= 11 is 6.80. The summed E-state index contributed by atoms with van der Waals surface area (Å²) in [6.45, 7) is 6.03. The van der Waals surface area contributed by atoms with Crippen molar-refractivity contribution in [3.8, 4) is 5.75 Å². The van der Waals surface area contributed by atoms with Gasteiger partial charge in [0.05, 0.1) is 19.2 Å². The molecule has 0 aliphatic heterocycles. The van der Waals surface area contributed by atoms with Gasteiger partial charge in [0.15, 0.2) is 5.67 Å². The Balaban J connectivity index is 2.03. The number of halogens is 5. The van der Waals surface area contributed by atoms with Crippen LogP contribution in [0.15, 0.2) is 60.8 Å². The number of nitrogens with two attached hydrogens (primary N) is 1. The summed E-state index contributed by atoms with van der Waals surface area (Å²) in [7, 11) is -2.11. The van der Waals surface area contributed by atoms with E-state index in [2.05, 4.69) is 9.72 Å². The molecule has 1 aromatic heterocycles. The minimum Gasteiger partial charge on any atom is -0.478 e. The normalized spacial score (nSPS) is 13.7. The number of nitrogens with one attached hydrogen (secondary N) is 1. The number of fused-ring (bicyclic) bond motifs is 1. The van der Waals surface area contributed by atoms with Crippen LogP contribution in [0.3, 0.4) is 0 Å². The fraction of sp³-hybridized carbons (Fsp3) is 0.214. The number of carboxylic acids is 1. The number of aromatic nitrogens is 1. The zero-order valence-corrected chi connectivity index (χ0v) is 23.4. The summed E-state index contributed by atoms with van der Waals surface area (Å²) in [5.74, 6) is -2.77. The summed E-state index contributed by atoms with van der Waals surface area (Å²) in [5.41, 5.74) is 2.74. The number of benzene rings is 3. The monoisotopic (exact) mass is 592 g/mol. The van der Waals surface area contributed by atoms with Crippen molar-refractivity contribution in [3.63, 3.8) is 0 Å². The Bertz CT molecular complexity index is 1630. The molecule has 0 radical (unpaired) electrons. The van der Waals surface area contributed by atoms with E-state index in [4.69, 9.17) is 17.3 Å². The molecule has 40 heavy (non-hydrogen) atoms. The average molecular weight is 593 g/mol. The first-order chi connectivity index (χ1) is 18.5. The van der Waals surface area contributed by atoms with Gasteiger partial charge in [0.2, 0.25) is 5.91 Å². The van der Waals surface area contributed by atoms with E-state index in [0.29, 0.717) is 0 Å². The summed E-state index contributed by atoms with van der Waals surface area (Å²) in [6.07, 6.45) is -4.36. The van der Waals surface area contributed by atoms with Crippen LogP contribution in [-0.4, -0.2) is 36.4 Å². The second-order valence-electron chi connectivity index (χ2n) is 10.4. The standard InChI is InChI=1S/C28H25ClF4N2O4Si/c1-40(2,3)22-11-10-17(25(34)36)20(23(22)29)13-27(30,15-6-4-7-16(12-15)39-28(31,32)33)21-14-35-24-18(21)8-5-9-19(24)26(37)38/h4-12,14,35H,13H2,1-3H3,(H2,34,36)(H,37,38). The van der Waals surface area contributed by atoms with Crippen LogP contribution in [-0.2, 0) is 12.1 Å². The smallest absolute Gasteiger partial charge is 0.478 e. The molecule has 12 heteroatoms. The number of ether oxygens (including phenoxy) is 1.